The van der Waals surface area contributed by atoms with Crippen LogP contribution >= 0.6 is 11.6 Å². The number of rotatable bonds is 4. The van der Waals surface area contributed by atoms with Crippen LogP contribution in [0.5, 0.6) is 5.75 Å². The molecule has 2 rings (SSSR count). The van der Waals surface area contributed by atoms with Gasteiger partial charge in [-0.2, -0.15) is 0 Å². The number of carbonyl (C=O) groups is 1. The summed E-state index contributed by atoms with van der Waals surface area (Å²) in [4.78, 5) is 13.9. The molecule has 0 radical (unpaired) electrons. The molecular weight excluding hydrogens is 278 g/mol. The molecule has 1 aliphatic heterocycles. The Morgan fingerprint density at radius 1 is 1.40 bits per heavy atom. The average Bonchev–Trinajstić information content (AvgIpc) is 2.47. The van der Waals surface area contributed by atoms with Gasteiger partial charge in [-0.05, 0) is 38.0 Å². The summed E-state index contributed by atoms with van der Waals surface area (Å²) in [6.45, 7) is 3.97. The molecule has 110 valence electrons. The predicted molar refractivity (Wildman–Crippen MR) is 79.6 cm³/mol. The molecule has 0 N–H and O–H groups in total. The number of anilines is 1. The Bertz CT molecular complexity index is 470. The van der Waals surface area contributed by atoms with E-state index in [1.165, 1.54) is 0 Å². The van der Waals surface area contributed by atoms with Crippen LogP contribution in [0.25, 0.3) is 0 Å². The number of piperidine rings is 1. The smallest absolute Gasteiger partial charge is 0.309 e. The van der Waals surface area contributed by atoms with Crippen molar-refractivity contribution in [3.63, 3.8) is 0 Å². The van der Waals surface area contributed by atoms with Crippen LogP contribution in [0.2, 0.25) is 5.02 Å². The van der Waals surface area contributed by atoms with Crippen molar-refractivity contribution in [3.05, 3.63) is 23.2 Å². The number of hydrogen-bond acceptors (Lipinski definition) is 4. The fourth-order valence-corrected chi connectivity index (χ4v) is 2.74. The monoisotopic (exact) mass is 297 g/mol. The summed E-state index contributed by atoms with van der Waals surface area (Å²) in [7, 11) is 1.60. The normalized spacial score (nSPS) is 16.1. The average molecular weight is 298 g/mol. The number of ether oxygens (including phenoxy) is 2. The molecule has 0 saturated carbocycles. The van der Waals surface area contributed by atoms with Gasteiger partial charge >= 0.3 is 5.97 Å². The van der Waals surface area contributed by atoms with Crippen LogP contribution in [0, 0.1) is 5.92 Å². The highest BCUT2D eigenvalue weighted by molar-refractivity contribution is 6.32. The fraction of sp³-hybridized carbons (Fsp3) is 0.533. The number of halogens is 1. The molecule has 0 bridgehead atoms. The molecule has 1 aromatic rings. The van der Waals surface area contributed by atoms with E-state index < -0.39 is 0 Å². The largest absolute Gasteiger partial charge is 0.495 e. The van der Waals surface area contributed by atoms with E-state index >= 15 is 0 Å². The Morgan fingerprint density at radius 2 is 2.10 bits per heavy atom. The van der Waals surface area contributed by atoms with E-state index in [1.807, 2.05) is 25.1 Å². The molecule has 5 heteroatoms. The SMILES string of the molecule is CCOC(=O)C1CCN(c2ccc(OC)c(Cl)c2)CC1. The van der Waals surface area contributed by atoms with Gasteiger partial charge in [-0.15, -0.1) is 0 Å². The first-order chi connectivity index (χ1) is 9.65. The summed E-state index contributed by atoms with van der Waals surface area (Å²) in [5, 5.41) is 0.609. The molecule has 1 fully saturated rings. The maximum absolute atomic E-state index is 11.7. The van der Waals surface area contributed by atoms with E-state index in [-0.39, 0.29) is 11.9 Å². The maximum atomic E-state index is 11.7. The molecule has 20 heavy (non-hydrogen) atoms. The molecule has 1 aromatic carbocycles. The van der Waals surface area contributed by atoms with Crippen LogP contribution in [0.15, 0.2) is 18.2 Å². The molecule has 1 saturated heterocycles. The third-order valence-electron chi connectivity index (χ3n) is 3.62. The molecular formula is C15H20ClNO3. The summed E-state index contributed by atoms with van der Waals surface area (Å²) in [5.41, 5.74) is 1.07. The number of esters is 1. The van der Waals surface area contributed by atoms with Crippen LogP contribution in [-0.4, -0.2) is 32.8 Å². The van der Waals surface area contributed by atoms with Gasteiger partial charge in [0.25, 0.3) is 0 Å². The number of hydrogen-bond donors (Lipinski definition) is 0. The highest BCUT2D eigenvalue weighted by atomic mass is 35.5. The van der Waals surface area contributed by atoms with Gasteiger partial charge in [0.2, 0.25) is 0 Å². The summed E-state index contributed by atoms with van der Waals surface area (Å²) < 4.78 is 10.2. The highest BCUT2D eigenvalue weighted by Crippen LogP contribution is 2.31. The number of benzene rings is 1. The first-order valence-electron chi connectivity index (χ1n) is 6.90. The second-order valence-corrected chi connectivity index (χ2v) is 5.24. The zero-order chi connectivity index (χ0) is 14.5. The standard InChI is InChI=1S/C15H20ClNO3/c1-3-20-15(18)11-6-8-17(9-7-11)12-4-5-14(19-2)13(16)10-12/h4-5,10-11H,3,6-9H2,1-2H3. The third kappa shape index (κ3) is 3.37. The first-order valence-corrected chi connectivity index (χ1v) is 7.28. The molecule has 0 aromatic heterocycles. The van der Waals surface area contributed by atoms with E-state index in [2.05, 4.69) is 4.90 Å². The minimum atomic E-state index is -0.0695. The molecule has 0 unspecified atom stereocenters. The van der Waals surface area contributed by atoms with E-state index in [0.29, 0.717) is 17.4 Å². The van der Waals surface area contributed by atoms with E-state index in [4.69, 9.17) is 21.1 Å². The quantitative estimate of drug-likeness (QED) is 0.801. The lowest BCUT2D eigenvalue weighted by atomic mass is 9.96. The summed E-state index contributed by atoms with van der Waals surface area (Å²) >= 11 is 6.14. The highest BCUT2D eigenvalue weighted by Gasteiger charge is 2.26. The Morgan fingerprint density at radius 3 is 2.65 bits per heavy atom. The van der Waals surface area contributed by atoms with Crippen LogP contribution in [0.3, 0.4) is 0 Å². The van der Waals surface area contributed by atoms with E-state index in [9.17, 15) is 4.79 Å². The van der Waals surface area contributed by atoms with Crippen molar-refractivity contribution in [1.29, 1.82) is 0 Å². The lowest BCUT2D eigenvalue weighted by Gasteiger charge is -2.32. The summed E-state index contributed by atoms with van der Waals surface area (Å²) in [6, 6.07) is 5.77. The minimum Gasteiger partial charge on any atom is -0.495 e. The molecule has 1 aliphatic rings. The summed E-state index contributed by atoms with van der Waals surface area (Å²) in [6.07, 6.45) is 1.64. The van der Waals surface area contributed by atoms with E-state index in [1.54, 1.807) is 7.11 Å². The van der Waals surface area contributed by atoms with Crippen molar-refractivity contribution in [1.82, 2.24) is 0 Å². The van der Waals surface area contributed by atoms with Crippen LogP contribution in [-0.2, 0) is 9.53 Å². The van der Waals surface area contributed by atoms with Crippen molar-refractivity contribution < 1.29 is 14.3 Å². The van der Waals surface area contributed by atoms with Gasteiger partial charge in [0.05, 0.1) is 24.7 Å². The lowest BCUT2D eigenvalue weighted by Crippen LogP contribution is -2.36. The Labute approximate surface area is 124 Å². The zero-order valence-electron chi connectivity index (χ0n) is 11.9. The Hall–Kier alpha value is -1.42. The molecule has 4 nitrogen and oxygen atoms in total. The van der Waals surface area contributed by atoms with Crippen molar-refractivity contribution >= 4 is 23.3 Å². The van der Waals surface area contributed by atoms with Gasteiger partial charge in [0.1, 0.15) is 5.75 Å². The Kier molecular flexibility index (Phi) is 5.12. The van der Waals surface area contributed by atoms with Crippen LogP contribution < -0.4 is 9.64 Å². The van der Waals surface area contributed by atoms with Gasteiger partial charge in [-0.3, -0.25) is 4.79 Å². The van der Waals surface area contributed by atoms with Crippen LogP contribution in [0.1, 0.15) is 19.8 Å². The summed E-state index contributed by atoms with van der Waals surface area (Å²) in [5.74, 6) is 0.636. The van der Waals surface area contributed by atoms with Crippen molar-refractivity contribution in [2.24, 2.45) is 5.92 Å². The lowest BCUT2D eigenvalue weighted by molar-refractivity contribution is -0.148. The zero-order valence-corrected chi connectivity index (χ0v) is 12.7. The molecule has 0 spiro atoms. The predicted octanol–water partition coefficient (Wildman–Crippen LogP) is 3.13. The minimum absolute atomic E-state index is 0.0277. The molecule has 0 aliphatic carbocycles. The van der Waals surface area contributed by atoms with Crippen molar-refractivity contribution in [2.45, 2.75) is 19.8 Å². The molecule has 0 amide bonds. The number of methoxy groups -OCH3 is 1. The van der Waals surface area contributed by atoms with Gasteiger partial charge in [0.15, 0.2) is 0 Å². The third-order valence-corrected chi connectivity index (χ3v) is 3.91. The van der Waals surface area contributed by atoms with Crippen molar-refractivity contribution in [3.8, 4) is 5.75 Å². The van der Waals surface area contributed by atoms with Crippen molar-refractivity contribution in [2.75, 3.05) is 31.7 Å². The van der Waals surface area contributed by atoms with Gasteiger partial charge in [0, 0.05) is 18.8 Å². The Balaban J connectivity index is 1.97. The fourth-order valence-electron chi connectivity index (χ4n) is 2.49. The second kappa shape index (κ2) is 6.84. The topological polar surface area (TPSA) is 38.8 Å². The van der Waals surface area contributed by atoms with E-state index in [0.717, 1.165) is 31.6 Å². The molecule has 0 atom stereocenters. The van der Waals surface area contributed by atoms with Gasteiger partial charge < -0.3 is 14.4 Å². The van der Waals surface area contributed by atoms with Gasteiger partial charge in [-0.1, -0.05) is 11.6 Å². The maximum Gasteiger partial charge on any atom is 0.309 e. The first kappa shape index (κ1) is 15.0. The number of carbonyl (C=O) groups excluding carboxylic acids is 1. The number of nitrogens with zero attached hydrogens (tertiary/aromatic N) is 1. The molecule has 1 heterocycles. The van der Waals surface area contributed by atoms with Crippen LogP contribution in [0.4, 0.5) is 5.69 Å². The van der Waals surface area contributed by atoms with Gasteiger partial charge in [-0.25, -0.2) is 0 Å². The second-order valence-electron chi connectivity index (χ2n) is 4.83.